The molecule has 0 unspecified atom stereocenters. The second-order valence-corrected chi connectivity index (χ2v) is 2.79. The molecule has 0 amide bonds. The molecule has 0 atom stereocenters. The monoisotopic (exact) mass is 163 g/mol. The Morgan fingerprint density at radius 2 is 2.25 bits per heavy atom. The van der Waals surface area contributed by atoms with E-state index in [2.05, 4.69) is 11.9 Å². The predicted octanol–water partition coefficient (Wildman–Crippen LogP) is 2.11. The Balaban J connectivity index is 3.01. The Kier molecular flexibility index (Phi) is 2.86. The molecule has 2 heteroatoms. The van der Waals surface area contributed by atoms with Gasteiger partial charge in [-0.3, -0.25) is 4.79 Å². The SMILES string of the molecule is CC/C=C/c1cc(C)cc(=O)[nH]1. The van der Waals surface area contributed by atoms with Crippen LogP contribution in [-0.4, -0.2) is 4.98 Å². The van der Waals surface area contributed by atoms with Gasteiger partial charge in [-0.05, 0) is 31.1 Å². The van der Waals surface area contributed by atoms with Gasteiger partial charge in [-0.2, -0.15) is 0 Å². The van der Waals surface area contributed by atoms with Crippen molar-refractivity contribution in [3.63, 3.8) is 0 Å². The van der Waals surface area contributed by atoms with E-state index in [1.807, 2.05) is 25.1 Å². The minimum absolute atomic E-state index is 0.0363. The highest BCUT2D eigenvalue weighted by Crippen LogP contribution is 1.99. The summed E-state index contributed by atoms with van der Waals surface area (Å²) < 4.78 is 0. The van der Waals surface area contributed by atoms with Crippen molar-refractivity contribution in [1.82, 2.24) is 4.98 Å². The maximum absolute atomic E-state index is 11.0. The van der Waals surface area contributed by atoms with Gasteiger partial charge in [-0.15, -0.1) is 0 Å². The summed E-state index contributed by atoms with van der Waals surface area (Å²) in [5.74, 6) is 0. The Bertz CT molecular complexity index is 336. The summed E-state index contributed by atoms with van der Waals surface area (Å²) in [5.41, 5.74) is 1.84. The second-order valence-electron chi connectivity index (χ2n) is 2.79. The fraction of sp³-hybridized carbons (Fsp3) is 0.300. The number of aromatic amines is 1. The van der Waals surface area contributed by atoms with Crippen molar-refractivity contribution < 1.29 is 0 Å². The molecule has 0 fully saturated rings. The molecular weight excluding hydrogens is 150 g/mol. The molecule has 64 valence electrons. The first-order valence-corrected chi connectivity index (χ1v) is 4.10. The normalized spacial score (nSPS) is 10.8. The smallest absolute Gasteiger partial charge is 0.248 e. The van der Waals surface area contributed by atoms with E-state index < -0.39 is 0 Å². The summed E-state index contributed by atoms with van der Waals surface area (Å²) in [6.45, 7) is 3.98. The molecule has 0 aliphatic heterocycles. The quantitative estimate of drug-likeness (QED) is 0.711. The third kappa shape index (κ3) is 2.38. The summed E-state index contributed by atoms with van der Waals surface area (Å²) >= 11 is 0. The van der Waals surface area contributed by atoms with Gasteiger partial charge in [0.25, 0.3) is 0 Å². The van der Waals surface area contributed by atoms with Gasteiger partial charge >= 0.3 is 0 Å². The van der Waals surface area contributed by atoms with E-state index >= 15 is 0 Å². The van der Waals surface area contributed by atoms with Crippen molar-refractivity contribution in [2.24, 2.45) is 0 Å². The molecule has 0 saturated carbocycles. The van der Waals surface area contributed by atoms with Crippen molar-refractivity contribution in [3.05, 3.63) is 39.8 Å². The van der Waals surface area contributed by atoms with Crippen LogP contribution in [0.2, 0.25) is 0 Å². The summed E-state index contributed by atoms with van der Waals surface area (Å²) in [6, 6.07) is 3.54. The summed E-state index contributed by atoms with van der Waals surface area (Å²) in [7, 11) is 0. The lowest BCUT2D eigenvalue weighted by Crippen LogP contribution is -2.05. The first-order chi connectivity index (χ1) is 5.72. The van der Waals surface area contributed by atoms with Crippen LogP contribution in [0.5, 0.6) is 0 Å². The molecule has 0 aliphatic carbocycles. The van der Waals surface area contributed by atoms with Gasteiger partial charge in [-0.25, -0.2) is 0 Å². The molecule has 1 aromatic heterocycles. The lowest BCUT2D eigenvalue weighted by molar-refractivity contribution is 1.17. The molecule has 0 saturated heterocycles. The van der Waals surface area contributed by atoms with Gasteiger partial charge in [0.2, 0.25) is 5.56 Å². The molecule has 1 N–H and O–H groups in total. The van der Waals surface area contributed by atoms with Crippen LogP contribution in [0.25, 0.3) is 6.08 Å². The van der Waals surface area contributed by atoms with Crippen molar-refractivity contribution in [1.29, 1.82) is 0 Å². The molecule has 0 radical (unpaired) electrons. The Hall–Kier alpha value is -1.31. The molecular formula is C10H13NO. The maximum Gasteiger partial charge on any atom is 0.248 e. The number of pyridine rings is 1. The van der Waals surface area contributed by atoms with Gasteiger partial charge in [0.1, 0.15) is 0 Å². The zero-order chi connectivity index (χ0) is 8.97. The van der Waals surface area contributed by atoms with E-state index in [0.717, 1.165) is 17.7 Å². The highest BCUT2D eigenvalue weighted by atomic mass is 16.1. The third-order valence-corrected chi connectivity index (χ3v) is 1.54. The number of aryl methyl sites for hydroxylation is 1. The average molecular weight is 163 g/mol. The van der Waals surface area contributed by atoms with Crippen LogP contribution >= 0.6 is 0 Å². The van der Waals surface area contributed by atoms with Gasteiger partial charge < -0.3 is 4.98 Å². The summed E-state index contributed by atoms with van der Waals surface area (Å²) in [5, 5.41) is 0. The van der Waals surface area contributed by atoms with Crippen molar-refractivity contribution >= 4 is 6.08 Å². The van der Waals surface area contributed by atoms with E-state index in [0.29, 0.717) is 0 Å². The largest absolute Gasteiger partial charge is 0.323 e. The van der Waals surface area contributed by atoms with E-state index in [1.165, 1.54) is 0 Å². The average Bonchev–Trinajstić information content (AvgIpc) is 1.99. The van der Waals surface area contributed by atoms with E-state index in [1.54, 1.807) is 6.07 Å². The minimum Gasteiger partial charge on any atom is -0.323 e. The fourth-order valence-corrected chi connectivity index (χ4v) is 1.04. The molecule has 1 aromatic rings. The van der Waals surface area contributed by atoms with E-state index in [-0.39, 0.29) is 5.56 Å². The maximum atomic E-state index is 11.0. The molecule has 12 heavy (non-hydrogen) atoms. The lowest BCUT2D eigenvalue weighted by atomic mass is 10.2. The molecule has 0 bridgehead atoms. The highest BCUT2D eigenvalue weighted by molar-refractivity contribution is 5.44. The zero-order valence-electron chi connectivity index (χ0n) is 7.42. The number of aromatic nitrogens is 1. The summed E-state index contributed by atoms with van der Waals surface area (Å²) in [6.07, 6.45) is 4.93. The predicted molar refractivity (Wildman–Crippen MR) is 51.1 cm³/mol. The molecule has 2 nitrogen and oxygen atoms in total. The number of H-pyrrole nitrogens is 1. The van der Waals surface area contributed by atoms with E-state index in [4.69, 9.17) is 0 Å². The molecule has 1 rings (SSSR count). The second kappa shape index (κ2) is 3.90. The zero-order valence-corrected chi connectivity index (χ0v) is 7.42. The number of allylic oxidation sites excluding steroid dienone is 1. The van der Waals surface area contributed by atoms with Crippen molar-refractivity contribution in [2.75, 3.05) is 0 Å². The topological polar surface area (TPSA) is 32.9 Å². The highest BCUT2D eigenvalue weighted by Gasteiger charge is 1.90. The van der Waals surface area contributed by atoms with Crippen LogP contribution in [0.4, 0.5) is 0 Å². The number of hydrogen-bond acceptors (Lipinski definition) is 1. The molecule has 0 aliphatic rings. The van der Waals surface area contributed by atoms with Gasteiger partial charge in [0, 0.05) is 11.8 Å². The van der Waals surface area contributed by atoms with Crippen LogP contribution in [-0.2, 0) is 0 Å². The summed E-state index contributed by atoms with van der Waals surface area (Å²) in [4.78, 5) is 13.7. The molecule has 0 spiro atoms. The lowest BCUT2D eigenvalue weighted by Gasteiger charge is -1.94. The van der Waals surface area contributed by atoms with Crippen molar-refractivity contribution in [3.8, 4) is 0 Å². The first kappa shape index (κ1) is 8.78. The standard InChI is InChI=1S/C10H13NO/c1-3-4-5-9-6-8(2)7-10(12)11-9/h4-7H,3H2,1-2H3,(H,11,12)/b5-4+. The van der Waals surface area contributed by atoms with Crippen LogP contribution in [0.3, 0.4) is 0 Å². The van der Waals surface area contributed by atoms with Crippen LogP contribution in [0, 0.1) is 6.92 Å². The number of rotatable bonds is 2. The van der Waals surface area contributed by atoms with Gasteiger partial charge in [-0.1, -0.05) is 13.0 Å². The van der Waals surface area contributed by atoms with E-state index in [9.17, 15) is 4.79 Å². The van der Waals surface area contributed by atoms with Crippen LogP contribution in [0.1, 0.15) is 24.6 Å². The Labute approximate surface area is 71.9 Å². The van der Waals surface area contributed by atoms with Gasteiger partial charge in [0.05, 0.1) is 0 Å². The number of hydrogen-bond donors (Lipinski definition) is 1. The molecule has 0 aromatic carbocycles. The number of nitrogens with one attached hydrogen (secondary N) is 1. The van der Waals surface area contributed by atoms with Crippen LogP contribution < -0.4 is 5.56 Å². The van der Waals surface area contributed by atoms with Crippen molar-refractivity contribution in [2.45, 2.75) is 20.3 Å². The third-order valence-electron chi connectivity index (χ3n) is 1.54. The minimum atomic E-state index is -0.0363. The first-order valence-electron chi connectivity index (χ1n) is 4.10. The fourth-order valence-electron chi connectivity index (χ4n) is 1.04. The van der Waals surface area contributed by atoms with Crippen LogP contribution in [0.15, 0.2) is 23.0 Å². The molecule has 1 heterocycles. The Morgan fingerprint density at radius 3 is 2.83 bits per heavy atom. The Morgan fingerprint density at radius 1 is 1.50 bits per heavy atom. The van der Waals surface area contributed by atoms with Gasteiger partial charge in [0.15, 0.2) is 0 Å².